The Bertz CT molecular complexity index is 1080. The molecule has 6 nitrogen and oxygen atoms in total. The zero-order valence-corrected chi connectivity index (χ0v) is 17.5. The fourth-order valence-electron chi connectivity index (χ4n) is 3.67. The highest BCUT2D eigenvalue weighted by atomic mass is 32.1. The molecular formula is C22H23FN4O2S. The number of piperazine rings is 1. The first-order valence-electron chi connectivity index (χ1n) is 9.91. The predicted molar refractivity (Wildman–Crippen MR) is 121 cm³/mol. The molecule has 30 heavy (non-hydrogen) atoms. The van der Waals surface area contributed by atoms with Gasteiger partial charge in [-0.3, -0.25) is 0 Å². The van der Waals surface area contributed by atoms with Crippen LogP contribution in [0.3, 0.4) is 0 Å². The third kappa shape index (κ3) is 3.95. The molecule has 4 rings (SSSR count). The van der Waals surface area contributed by atoms with Crippen molar-refractivity contribution in [1.29, 1.82) is 0 Å². The summed E-state index contributed by atoms with van der Waals surface area (Å²) in [6.07, 6.45) is 0. The second-order valence-electron chi connectivity index (χ2n) is 7.00. The number of ether oxygens (including phenoxy) is 1. The SMILES string of the molecule is CCOC(=O)c1[nH]c2ccccc2c1NC(=S)N1CCN(c2ccccc2F)CC1. The molecule has 0 spiro atoms. The van der Waals surface area contributed by atoms with E-state index in [1.807, 2.05) is 40.1 Å². The van der Waals surface area contributed by atoms with Crippen LogP contribution in [-0.2, 0) is 4.74 Å². The minimum absolute atomic E-state index is 0.218. The van der Waals surface area contributed by atoms with E-state index in [-0.39, 0.29) is 12.4 Å². The molecule has 0 saturated carbocycles. The summed E-state index contributed by atoms with van der Waals surface area (Å²) in [7, 11) is 0. The average molecular weight is 427 g/mol. The Morgan fingerprint density at radius 1 is 1.13 bits per heavy atom. The molecule has 3 aromatic rings. The molecule has 0 amide bonds. The van der Waals surface area contributed by atoms with Crippen LogP contribution in [0.1, 0.15) is 17.4 Å². The van der Waals surface area contributed by atoms with Gasteiger partial charge in [0, 0.05) is 37.1 Å². The summed E-state index contributed by atoms with van der Waals surface area (Å²) in [5.74, 6) is -0.645. The van der Waals surface area contributed by atoms with E-state index in [2.05, 4.69) is 10.3 Å². The molecule has 156 valence electrons. The number of para-hydroxylation sites is 2. The lowest BCUT2D eigenvalue weighted by Gasteiger charge is -2.37. The number of nitrogens with one attached hydrogen (secondary N) is 2. The maximum atomic E-state index is 14.1. The lowest BCUT2D eigenvalue weighted by Crippen LogP contribution is -2.50. The molecule has 2 N–H and O–H groups in total. The normalized spacial score (nSPS) is 14.1. The van der Waals surface area contributed by atoms with Crippen molar-refractivity contribution in [2.24, 2.45) is 0 Å². The Morgan fingerprint density at radius 2 is 1.83 bits per heavy atom. The Kier molecular flexibility index (Phi) is 5.85. The van der Waals surface area contributed by atoms with Gasteiger partial charge in [0.05, 0.1) is 18.0 Å². The van der Waals surface area contributed by atoms with Crippen LogP contribution in [0.2, 0.25) is 0 Å². The molecule has 2 heterocycles. The van der Waals surface area contributed by atoms with Gasteiger partial charge in [-0.15, -0.1) is 0 Å². The van der Waals surface area contributed by atoms with Crippen molar-refractivity contribution in [2.45, 2.75) is 6.92 Å². The zero-order valence-electron chi connectivity index (χ0n) is 16.7. The van der Waals surface area contributed by atoms with Crippen molar-refractivity contribution in [3.05, 3.63) is 60.0 Å². The summed E-state index contributed by atoms with van der Waals surface area (Å²) < 4.78 is 19.3. The average Bonchev–Trinajstić information content (AvgIpc) is 3.13. The van der Waals surface area contributed by atoms with Crippen molar-refractivity contribution < 1.29 is 13.9 Å². The number of carbonyl (C=O) groups is 1. The first-order chi connectivity index (χ1) is 14.6. The molecule has 0 radical (unpaired) electrons. The van der Waals surface area contributed by atoms with Crippen LogP contribution in [0, 0.1) is 5.82 Å². The van der Waals surface area contributed by atoms with E-state index < -0.39 is 5.97 Å². The van der Waals surface area contributed by atoms with Gasteiger partial charge in [-0.05, 0) is 37.3 Å². The number of aromatic nitrogens is 1. The topological polar surface area (TPSA) is 60.6 Å². The number of benzene rings is 2. The van der Waals surface area contributed by atoms with Gasteiger partial charge in [0.1, 0.15) is 11.5 Å². The second kappa shape index (κ2) is 8.71. The van der Waals surface area contributed by atoms with E-state index in [1.54, 1.807) is 19.1 Å². The number of carbonyl (C=O) groups excluding carboxylic acids is 1. The lowest BCUT2D eigenvalue weighted by atomic mass is 10.2. The quantitative estimate of drug-likeness (QED) is 0.486. The molecule has 1 aliphatic heterocycles. The molecule has 8 heteroatoms. The molecule has 1 saturated heterocycles. The van der Waals surface area contributed by atoms with Gasteiger partial charge in [-0.25, -0.2) is 9.18 Å². The fraction of sp³-hybridized carbons (Fsp3) is 0.273. The predicted octanol–water partition coefficient (Wildman–Crippen LogP) is 4.00. The van der Waals surface area contributed by atoms with Crippen molar-refractivity contribution in [1.82, 2.24) is 9.88 Å². The number of rotatable bonds is 4. The van der Waals surface area contributed by atoms with Gasteiger partial charge < -0.3 is 24.8 Å². The summed E-state index contributed by atoms with van der Waals surface area (Å²) in [5, 5.41) is 4.64. The van der Waals surface area contributed by atoms with Crippen LogP contribution in [0.25, 0.3) is 10.9 Å². The largest absolute Gasteiger partial charge is 0.461 e. The van der Waals surface area contributed by atoms with Gasteiger partial charge in [-0.2, -0.15) is 0 Å². The number of H-pyrrole nitrogens is 1. The Morgan fingerprint density at radius 3 is 2.57 bits per heavy atom. The molecule has 0 atom stereocenters. The summed E-state index contributed by atoms with van der Waals surface area (Å²) in [6.45, 7) is 4.67. The maximum Gasteiger partial charge on any atom is 0.356 e. The maximum absolute atomic E-state index is 14.1. The fourth-order valence-corrected chi connectivity index (χ4v) is 3.96. The number of halogens is 1. The number of fused-ring (bicyclic) bond motifs is 1. The van der Waals surface area contributed by atoms with Gasteiger partial charge >= 0.3 is 5.97 Å². The molecule has 1 aliphatic rings. The molecule has 0 aliphatic carbocycles. The summed E-state index contributed by atoms with van der Waals surface area (Å²) in [6, 6.07) is 14.4. The summed E-state index contributed by atoms with van der Waals surface area (Å²) in [4.78, 5) is 19.6. The first-order valence-corrected chi connectivity index (χ1v) is 10.3. The van der Waals surface area contributed by atoms with Crippen LogP contribution < -0.4 is 10.2 Å². The summed E-state index contributed by atoms with van der Waals surface area (Å²) >= 11 is 5.63. The number of anilines is 2. The number of hydrogen-bond donors (Lipinski definition) is 2. The molecule has 1 aromatic heterocycles. The third-order valence-corrected chi connectivity index (χ3v) is 5.54. The van der Waals surface area contributed by atoms with Crippen LogP contribution in [0.15, 0.2) is 48.5 Å². The van der Waals surface area contributed by atoms with Gasteiger partial charge in [0.2, 0.25) is 0 Å². The monoisotopic (exact) mass is 426 g/mol. The Balaban J connectivity index is 1.49. The van der Waals surface area contributed by atoms with Gasteiger partial charge in [0.15, 0.2) is 5.11 Å². The van der Waals surface area contributed by atoms with Crippen LogP contribution in [-0.4, -0.2) is 53.8 Å². The summed E-state index contributed by atoms with van der Waals surface area (Å²) in [5.41, 5.74) is 2.41. The number of thiocarbonyl (C=S) groups is 1. The van der Waals surface area contributed by atoms with E-state index in [0.29, 0.717) is 48.4 Å². The lowest BCUT2D eigenvalue weighted by molar-refractivity contribution is 0.0522. The highest BCUT2D eigenvalue weighted by Gasteiger charge is 2.24. The minimum Gasteiger partial charge on any atom is -0.461 e. The van der Waals surface area contributed by atoms with Crippen molar-refractivity contribution in [3.63, 3.8) is 0 Å². The molecule has 0 unspecified atom stereocenters. The number of hydrogen-bond acceptors (Lipinski definition) is 4. The van der Waals surface area contributed by atoms with E-state index in [9.17, 15) is 9.18 Å². The highest BCUT2D eigenvalue weighted by molar-refractivity contribution is 7.80. The van der Waals surface area contributed by atoms with E-state index in [1.165, 1.54) is 6.07 Å². The number of nitrogens with zero attached hydrogens (tertiary/aromatic N) is 2. The van der Waals surface area contributed by atoms with Crippen molar-refractivity contribution in [3.8, 4) is 0 Å². The van der Waals surface area contributed by atoms with E-state index in [0.717, 1.165) is 10.9 Å². The van der Waals surface area contributed by atoms with E-state index >= 15 is 0 Å². The van der Waals surface area contributed by atoms with Crippen molar-refractivity contribution in [2.75, 3.05) is 43.0 Å². The third-order valence-electron chi connectivity index (χ3n) is 5.18. The van der Waals surface area contributed by atoms with Crippen LogP contribution >= 0.6 is 12.2 Å². The second-order valence-corrected chi connectivity index (χ2v) is 7.38. The van der Waals surface area contributed by atoms with Crippen LogP contribution in [0.5, 0.6) is 0 Å². The van der Waals surface area contributed by atoms with Gasteiger partial charge in [0.25, 0.3) is 0 Å². The van der Waals surface area contributed by atoms with E-state index in [4.69, 9.17) is 17.0 Å². The Labute approximate surface area is 179 Å². The Hall–Kier alpha value is -3.13. The molecular weight excluding hydrogens is 403 g/mol. The smallest absolute Gasteiger partial charge is 0.356 e. The number of esters is 1. The van der Waals surface area contributed by atoms with Crippen LogP contribution in [0.4, 0.5) is 15.8 Å². The molecule has 2 aromatic carbocycles. The number of aromatic amines is 1. The van der Waals surface area contributed by atoms with Gasteiger partial charge in [-0.1, -0.05) is 30.3 Å². The zero-order chi connectivity index (χ0) is 21.1. The van der Waals surface area contributed by atoms with Crippen molar-refractivity contribution >= 4 is 45.6 Å². The molecule has 1 fully saturated rings. The highest BCUT2D eigenvalue weighted by Crippen LogP contribution is 2.29. The first kappa shape index (κ1) is 20.2. The molecule has 0 bridgehead atoms. The minimum atomic E-state index is -0.427. The standard InChI is InChI=1S/C22H23FN4O2S/c1-2-29-21(28)20-19(15-7-3-5-9-17(15)24-20)25-22(30)27-13-11-26(12-14-27)18-10-6-4-8-16(18)23/h3-10,24H,2,11-14H2,1H3,(H,25,30).